The predicted octanol–water partition coefficient (Wildman–Crippen LogP) is 1.72. The molecule has 0 spiro atoms. The van der Waals surface area contributed by atoms with Gasteiger partial charge in [-0.25, -0.2) is 0 Å². The number of nitrogens with two attached hydrogens (primary N) is 1. The smallest absolute Gasteiger partial charge is 0.140 e. The van der Waals surface area contributed by atoms with E-state index in [9.17, 15) is 0 Å². The van der Waals surface area contributed by atoms with Crippen LogP contribution in [0.25, 0.3) is 6.08 Å². The van der Waals surface area contributed by atoms with Crippen LogP contribution in [0.2, 0.25) is 0 Å². The van der Waals surface area contributed by atoms with Gasteiger partial charge in [-0.05, 0) is 31.6 Å². The van der Waals surface area contributed by atoms with Crippen LogP contribution in [0.5, 0.6) is 5.75 Å². The van der Waals surface area contributed by atoms with Crippen molar-refractivity contribution in [2.45, 2.75) is 13.8 Å². The van der Waals surface area contributed by atoms with Crippen LogP contribution in [0.1, 0.15) is 18.2 Å². The molecule has 13 heavy (non-hydrogen) atoms. The number of aromatic nitrogens is 1. The number of hydrogen-bond acceptors (Lipinski definition) is 3. The molecular weight excluding hydrogens is 164 g/mol. The fourth-order valence-corrected chi connectivity index (χ4v) is 1.09. The molecule has 0 amide bonds. The van der Waals surface area contributed by atoms with Crippen molar-refractivity contribution in [3.63, 3.8) is 0 Å². The minimum absolute atomic E-state index is 0.747. The van der Waals surface area contributed by atoms with Gasteiger partial charge in [-0.2, -0.15) is 0 Å². The Kier molecular flexibility index (Phi) is 2.90. The zero-order valence-electron chi connectivity index (χ0n) is 8.16. The lowest BCUT2D eigenvalue weighted by Gasteiger charge is -2.03. The minimum Gasteiger partial charge on any atom is -0.495 e. The van der Waals surface area contributed by atoms with Crippen molar-refractivity contribution in [3.05, 3.63) is 29.2 Å². The first kappa shape index (κ1) is 9.58. The Morgan fingerprint density at radius 2 is 2.31 bits per heavy atom. The third kappa shape index (κ3) is 2.47. The summed E-state index contributed by atoms with van der Waals surface area (Å²) >= 11 is 0. The number of allylic oxidation sites excluding steroid dienone is 1. The summed E-state index contributed by atoms with van der Waals surface area (Å²) < 4.78 is 5.09. The summed E-state index contributed by atoms with van der Waals surface area (Å²) in [5.41, 5.74) is 8.20. The maximum Gasteiger partial charge on any atom is 0.140 e. The van der Waals surface area contributed by atoms with Crippen molar-refractivity contribution in [2.75, 3.05) is 7.11 Å². The maximum absolute atomic E-state index is 5.53. The largest absolute Gasteiger partial charge is 0.495 e. The van der Waals surface area contributed by atoms with Gasteiger partial charge in [0.25, 0.3) is 0 Å². The lowest BCUT2D eigenvalue weighted by Crippen LogP contribution is -1.93. The molecule has 1 aromatic rings. The number of ether oxygens (including phenoxy) is 1. The topological polar surface area (TPSA) is 48.1 Å². The number of methoxy groups -OCH3 is 1. The van der Waals surface area contributed by atoms with Crippen molar-refractivity contribution < 1.29 is 4.74 Å². The van der Waals surface area contributed by atoms with E-state index in [1.807, 2.05) is 26.0 Å². The Balaban J connectivity index is 3.03. The number of pyridine rings is 1. The first-order valence-corrected chi connectivity index (χ1v) is 4.08. The molecule has 0 radical (unpaired) electrons. The molecule has 0 aliphatic carbocycles. The van der Waals surface area contributed by atoms with Crippen molar-refractivity contribution in [1.29, 1.82) is 0 Å². The van der Waals surface area contributed by atoms with Gasteiger partial charge in [-0.15, -0.1) is 0 Å². The van der Waals surface area contributed by atoms with Crippen LogP contribution >= 0.6 is 0 Å². The highest BCUT2D eigenvalue weighted by atomic mass is 16.5. The van der Waals surface area contributed by atoms with Crippen LogP contribution < -0.4 is 10.5 Å². The van der Waals surface area contributed by atoms with Gasteiger partial charge in [0.05, 0.1) is 19.0 Å². The second-order valence-electron chi connectivity index (χ2n) is 2.97. The van der Waals surface area contributed by atoms with Crippen molar-refractivity contribution in [2.24, 2.45) is 5.73 Å². The van der Waals surface area contributed by atoms with Crippen molar-refractivity contribution in [1.82, 2.24) is 4.98 Å². The molecule has 0 bridgehead atoms. The number of rotatable bonds is 2. The van der Waals surface area contributed by atoms with E-state index in [2.05, 4.69) is 4.98 Å². The van der Waals surface area contributed by atoms with E-state index in [1.54, 1.807) is 13.3 Å². The van der Waals surface area contributed by atoms with Crippen LogP contribution in [-0.2, 0) is 0 Å². The van der Waals surface area contributed by atoms with Crippen LogP contribution in [-0.4, -0.2) is 12.1 Å². The second-order valence-corrected chi connectivity index (χ2v) is 2.97. The highest BCUT2D eigenvalue weighted by molar-refractivity contribution is 5.50. The first-order chi connectivity index (χ1) is 6.13. The molecule has 0 aliphatic heterocycles. The third-order valence-corrected chi connectivity index (χ3v) is 1.68. The monoisotopic (exact) mass is 178 g/mol. The SMILES string of the molecule is COc1cnc(/C=C(/C)N)cc1C. The lowest BCUT2D eigenvalue weighted by atomic mass is 10.2. The van der Waals surface area contributed by atoms with Gasteiger partial charge >= 0.3 is 0 Å². The van der Waals surface area contributed by atoms with Crippen LogP contribution in [0.15, 0.2) is 18.0 Å². The molecule has 0 fully saturated rings. The van der Waals surface area contributed by atoms with Crippen LogP contribution in [0.3, 0.4) is 0 Å². The Morgan fingerprint density at radius 1 is 1.62 bits per heavy atom. The highest BCUT2D eigenvalue weighted by Crippen LogP contribution is 2.16. The van der Waals surface area contributed by atoms with Crippen molar-refractivity contribution in [3.8, 4) is 5.75 Å². The molecule has 0 unspecified atom stereocenters. The van der Waals surface area contributed by atoms with Gasteiger partial charge in [0.2, 0.25) is 0 Å². The average molecular weight is 178 g/mol. The van der Waals surface area contributed by atoms with E-state index < -0.39 is 0 Å². The summed E-state index contributed by atoms with van der Waals surface area (Å²) in [6.45, 7) is 3.81. The zero-order chi connectivity index (χ0) is 9.84. The Bertz CT molecular complexity index is 328. The molecule has 0 saturated heterocycles. The first-order valence-electron chi connectivity index (χ1n) is 4.08. The molecule has 3 heteroatoms. The summed E-state index contributed by atoms with van der Waals surface area (Å²) in [5, 5.41) is 0. The van der Waals surface area contributed by atoms with E-state index in [4.69, 9.17) is 10.5 Å². The molecule has 0 atom stereocenters. The maximum atomic E-state index is 5.53. The van der Waals surface area contributed by atoms with Crippen LogP contribution in [0.4, 0.5) is 0 Å². The normalized spacial score (nSPS) is 11.5. The average Bonchev–Trinajstić information content (AvgIpc) is 2.03. The second kappa shape index (κ2) is 3.94. The Labute approximate surface area is 78.2 Å². The van der Waals surface area contributed by atoms with Gasteiger partial charge in [0.15, 0.2) is 0 Å². The summed E-state index contributed by atoms with van der Waals surface area (Å²) in [5.74, 6) is 0.798. The highest BCUT2D eigenvalue weighted by Gasteiger charge is 1.98. The molecule has 0 saturated carbocycles. The minimum atomic E-state index is 0.747. The van der Waals surface area contributed by atoms with Gasteiger partial charge in [-0.3, -0.25) is 4.98 Å². The van der Waals surface area contributed by atoms with Gasteiger partial charge in [0.1, 0.15) is 5.75 Å². The van der Waals surface area contributed by atoms with Gasteiger partial charge < -0.3 is 10.5 Å². The molecule has 1 aromatic heterocycles. The van der Waals surface area contributed by atoms with Crippen LogP contribution in [0, 0.1) is 6.92 Å². The van der Waals surface area contributed by atoms with Gasteiger partial charge in [-0.1, -0.05) is 0 Å². The Hall–Kier alpha value is -1.51. The molecular formula is C10H14N2O. The predicted molar refractivity (Wildman–Crippen MR) is 53.4 cm³/mol. The van der Waals surface area contributed by atoms with E-state index in [0.29, 0.717) is 0 Å². The number of nitrogens with zero attached hydrogens (tertiary/aromatic N) is 1. The quantitative estimate of drug-likeness (QED) is 0.750. The van der Waals surface area contributed by atoms with E-state index in [-0.39, 0.29) is 0 Å². The zero-order valence-corrected chi connectivity index (χ0v) is 8.16. The molecule has 0 aliphatic rings. The lowest BCUT2D eigenvalue weighted by molar-refractivity contribution is 0.409. The standard InChI is InChI=1S/C10H14N2O/c1-7-4-9(5-8(2)11)12-6-10(7)13-3/h4-6H,11H2,1-3H3/b8-5-. The molecule has 1 heterocycles. The van der Waals surface area contributed by atoms with Gasteiger partial charge in [0, 0.05) is 5.70 Å². The molecule has 70 valence electrons. The third-order valence-electron chi connectivity index (χ3n) is 1.68. The Morgan fingerprint density at radius 3 is 2.77 bits per heavy atom. The molecule has 1 rings (SSSR count). The number of hydrogen-bond donors (Lipinski definition) is 1. The van der Waals surface area contributed by atoms with E-state index in [1.165, 1.54) is 0 Å². The fraction of sp³-hybridized carbons (Fsp3) is 0.300. The summed E-state index contributed by atoms with van der Waals surface area (Å²) in [6, 6.07) is 1.94. The fourth-order valence-electron chi connectivity index (χ4n) is 1.09. The van der Waals surface area contributed by atoms with E-state index in [0.717, 1.165) is 22.7 Å². The van der Waals surface area contributed by atoms with Crippen molar-refractivity contribution >= 4 is 6.08 Å². The molecule has 3 nitrogen and oxygen atoms in total. The summed E-state index contributed by atoms with van der Waals surface area (Å²) in [4.78, 5) is 4.17. The summed E-state index contributed by atoms with van der Waals surface area (Å²) in [7, 11) is 1.63. The molecule has 0 aromatic carbocycles. The number of aryl methyl sites for hydroxylation is 1. The summed E-state index contributed by atoms with van der Waals surface area (Å²) in [6.07, 6.45) is 3.52. The van der Waals surface area contributed by atoms with E-state index >= 15 is 0 Å². The molecule has 2 N–H and O–H groups in total.